The molecule has 25 heavy (non-hydrogen) atoms. The first-order valence-corrected chi connectivity index (χ1v) is 8.62. The van der Waals surface area contributed by atoms with Crippen LogP contribution in [0.25, 0.3) is 0 Å². The van der Waals surface area contributed by atoms with Crippen LogP contribution < -0.4 is 11.1 Å². The predicted molar refractivity (Wildman–Crippen MR) is 95.1 cm³/mol. The lowest BCUT2D eigenvalue weighted by atomic mass is 9.87. The molecule has 2 rings (SSSR count). The van der Waals surface area contributed by atoms with Crippen molar-refractivity contribution < 1.29 is 14.3 Å². The molecule has 8 heteroatoms. The molecule has 2 heterocycles. The molecule has 1 aromatic heterocycles. The third kappa shape index (κ3) is 5.57. The fraction of sp³-hybridized carbons (Fsp3) is 0.588. The van der Waals surface area contributed by atoms with Crippen LogP contribution in [0, 0.1) is 0 Å². The van der Waals surface area contributed by atoms with Crippen molar-refractivity contribution in [1.82, 2.24) is 15.2 Å². The van der Waals surface area contributed by atoms with E-state index in [-0.39, 0.29) is 12.0 Å². The Labute approximate surface area is 152 Å². The Morgan fingerprint density at radius 2 is 2.00 bits per heavy atom. The number of amides is 2. The SMILES string of the molecule is CC(C)(C)OC(=O)N1CCC(N)(C(=O)NCc2ccc(Cl)nc2)CC1. The highest BCUT2D eigenvalue weighted by molar-refractivity contribution is 6.29. The average Bonchev–Trinajstić information content (AvgIpc) is 2.53. The van der Waals surface area contributed by atoms with Gasteiger partial charge in [0, 0.05) is 25.8 Å². The summed E-state index contributed by atoms with van der Waals surface area (Å²) in [6.45, 7) is 6.57. The quantitative estimate of drug-likeness (QED) is 0.796. The van der Waals surface area contributed by atoms with Crippen LogP contribution in [-0.2, 0) is 16.1 Å². The Kier molecular flexibility index (Phi) is 5.90. The van der Waals surface area contributed by atoms with E-state index in [1.807, 2.05) is 20.8 Å². The van der Waals surface area contributed by atoms with E-state index in [4.69, 9.17) is 22.1 Å². The number of nitrogens with one attached hydrogen (secondary N) is 1. The van der Waals surface area contributed by atoms with Crippen LogP contribution in [0.3, 0.4) is 0 Å². The molecule has 138 valence electrons. The van der Waals surface area contributed by atoms with Crippen LogP contribution in [0.1, 0.15) is 39.2 Å². The fourth-order valence-corrected chi connectivity index (χ4v) is 2.62. The van der Waals surface area contributed by atoms with Gasteiger partial charge in [-0.3, -0.25) is 4.79 Å². The van der Waals surface area contributed by atoms with Gasteiger partial charge in [0.25, 0.3) is 0 Å². The summed E-state index contributed by atoms with van der Waals surface area (Å²) < 4.78 is 5.35. The van der Waals surface area contributed by atoms with Crippen molar-refractivity contribution in [3.05, 3.63) is 29.0 Å². The topological polar surface area (TPSA) is 97.5 Å². The van der Waals surface area contributed by atoms with E-state index in [0.717, 1.165) is 5.56 Å². The van der Waals surface area contributed by atoms with Crippen LogP contribution >= 0.6 is 11.6 Å². The lowest BCUT2D eigenvalue weighted by Crippen LogP contribution is -2.60. The van der Waals surface area contributed by atoms with E-state index in [1.54, 1.807) is 23.2 Å². The first-order chi connectivity index (χ1) is 11.6. The molecule has 1 fully saturated rings. The number of carbonyl (C=O) groups is 2. The van der Waals surface area contributed by atoms with E-state index in [9.17, 15) is 9.59 Å². The van der Waals surface area contributed by atoms with Gasteiger partial charge in [-0.2, -0.15) is 0 Å². The molecule has 7 nitrogen and oxygen atoms in total. The van der Waals surface area contributed by atoms with Crippen molar-refractivity contribution >= 4 is 23.6 Å². The van der Waals surface area contributed by atoms with Crippen LogP contribution in [0.5, 0.6) is 0 Å². The number of nitrogens with zero attached hydrogens (tertiary/aromatic N) is 2. The molecule has 0 bridgehead atoms. The molecule has 1 aliphatic heterocycles. The zero-order valence-corrected chi connectivity index (χ0v) is 15.6. The highest BCUT2D eigenvalue weighted by Gasteiger charge is 2.39. The standard InChI is InChI=1S/C17H25ClN4O3/c1-16(2,3)25-15(24)22-8-6-17(19,7-9-22)14(23)21-11-12-4-5-13(18)20-10-12/h4-5,10H,6-9,11,19H2,1-3H3,(H,21,23). The summed E-state index contributed by atoms with van der Waals surface area (Å²) in [5.41, 5.74) is 5.56. The highest BCUT2D eigenvalue weighted by Crippen LogP contribution is 2.22. The summed E-state index contributed by atoms with van der Waals surface area (Å²) in [6.07, 6.45) is 2.01. The molecule has 0 aromatic carbocycles. The Hall–Kier alpha value is -1.86. The van der Waals surface area contributed by atoms with Crippen molar-refractivity contribution in [2.24, 2.45) is 5.73 Å². The molecule has 0 spiro atoms. The third-order valence-corrected chi connectivity index (χ3v) is 4.22. The lowest BCUT2D eigenvalue weighted by Gasteiger charge is -2.38. The number of carbonyl (C=O) groups excluding carboxylic acids is 2. The number of nitrogens with two attached hydrogens (primary N) is 1. The number of hydrogen-bond acceptors (Lipinski definition) is 5. The molecule has 0 saturated carbocycles. The maximum absolute atomic E-state index is 12.4. The van der Waals surface area contributed by atoms with Crippen molar-refractivity contribution in [1.29, 1.82) is 0 Å². The molecule has 1 saturated heterocycles. The lowest BCUT2D eigenvalue weighted by molar-refractivity contribution is -0.128. The largest absolute Gasteiger partial charge is 0.444 e. The minimum atomic E-state index is -0.988. The smallest absolute Gasteiger partial charge is 0.410 e. The summed E-state index contributed by atoms with van der Waals surface area (Å²) in [7, 11) is 0. The van der Waals surface area contributed by atoms with Gasteiger partial charge in [0.15, 0.2) is 0 Å². The number of aromatic nitrogens is 1. The number of likely N-dealkylation sites (tertiary alicyclic amines) is 1. The molecule has 1 aliphatic rings. The van der Waals surface area contributed by atoms with Gasteiger partial charge >= 0.3 is 6.09 Å². The monoisotopic (exact) mass is 368 g/mol. The van der Waals surface area contributed by atoms with Gasteiger partial charge in [0.1, 0.15) is 10.8 Å². The zero-order valence-electron chi connectivity index (χ0n) is 14.8. The minimum Gasteiger partial charge on any atom is -0.444 e. The molecule has 3 N–H and O–H groups in total. The van der Waals surface area contributed by atoms with Gasteiger partial charge in [-0.05, 0) is 45.2 Å². The molecule has 0 unspecified atom stereocenters. The van der Waals surface area contributed by atoms with E-state index in [0.29, 0.717) is 37.6 Å². The number of pyridine rings is 1. The Balaban J connectivity index is 1.85. The molecule has 2 amide bonds. The maximum Gasteiger partial charge on any atom is 0.410 e. The number of piperidine rings is 1. The van der Waals surface area contributed by atoms with Crippen molar-refractivity contribution in [2.45, 2.75) is 51.3 Å². The molecule has 0 atom stereocenters. The summed E-state index contributed by atoms with van der Waals surface area (Å²) in [5.74, 6) is -0.230. The van der Waals surface area contributed by atoms with Crippen LogP contribution in [0.15, 0.2) is 18.3 Å². The Bertz CT molecular complexity index is 620. The van der Waals surface area contributed by atoms with E-state index >= 15 is 0 Å². The number of hydrogen-bond donors (Lipinski definition) is 2. The number of rotatable bonds is 3. The van der Waals surface area contributed by atoms with Gasteiger partial charge < -0.3 is 20.7 Å². The van der Waals surface area contributed by atoms with E-state index in [2.05, 4.69) is 10.3 Å². The van der Waals surface area contributed by atoms with E-state index in [1.165, 1.54) is 0 Å². The first-order valence-electron chi connectivity index (χ1n) is 8.25. The van der Waals surface area contributed by atoms with Gasteiger partial charge in [0.2, 0.25) is 5.91 Å². The van der Waals surface area contributed by atoms with Crippen LogP contribution in [0.2, 0.25) is 5.15 Å². The zero-order chi connectivity index (χ0) is 18.7. The fourth-order valence-electron chi connectivity index (χ4n) is 2.51. The van der Waals surface area contributed by atoms with Gasteiger partial charge in [-0.1, -0.05) is 17.7 Å². The molecular formula is C17H25ClN4O3. The van der Waals surface area contributed by atoms with Gasteiger partial charge in [0.05, 0.1) is 5.54 Å². The summed E-state index contributed by atoms with van der Waals surface area (Å²) >= 11 is 5.74. The molecule has 0 aliphatic carbocycles. The number of ether oxygens (including phenoxy) is 1. The maximum atomic E-state index is 12.4. The summed E-state index contributed by atoms with van der Waals surface area (Å²) in [6, 6.07) is 3.46. The third-order valence-electron chi connectivity index (χ3n) is 4.00. The normalized spacial score (nSPS) is 17.1. The van der Waals surface area contributed by atoms with Crippen molar-refractivity contribution in [2.75, 3.05) is 13.1 Å². The summed E-state index contributed by atoms with van der Waals surface area (Å²) in [4.78, 5) is 30.1. The molecule has 0 radical (unpaired) electrons. The van der Waals surface area contributed by atoms with Crippen LogP contribution in [-0.4, -0.2) is 46.1 Å². The van der Waals surface area contributed by atoms with E-state index < -0.39 is 11.1 Å². The van der Waals surface area contributed by atoms with Crippen molar-refractivity contribution in [3.8, 4) is 0 Å². The van der Waals surface area contributed by atoms with Gasteiger partial charge in [-0.15, -0.1) is 0 Å². The van der Waals surface area contributed by atoms with Crippen molar-refractivity contribution in [3.63, 3.8) is 0 Å². The Morgan fingerprint density at radius 1 is 1.36 bits per heavy atom. The second-order valence-electron chi connectivity index (χ2n) is 7.30. The first kappa shape index (κ1) is 19.5. The summed E-state index contributed by atoms with van der Waals surface area (Å²) in [5, 5.41) is 3.23. The Morgan fingerprint density at radius 3 is 2.52 bits per heavy atom. The minimum absolute atomic E-state index is 0.230. The highest BCUT2D eigenvalue weighted by atomic mass is 35.5. The number of halogens is 1. The predicted octanol–water partition coefficient (Wildman–Crippen LogP) is 2.08. The molecular weight excluding hydrogens is 344 g/mol. The average molecular weight is 369 g/mol. The van der Waals surface area contributed by atoms with Crippen LogP contribution in [0.4, 0.5) is 4.79 Å². The second-order valence-corrected chi connectivity index (χ2v) is 7.68. The van der Waals surface area contributed by atoms with Gasteiger partial charge in [-0.25, -0.2) is 9.78 Å². The molecule has 1 aromatic rings. The second kappa shape index (κ2) is 7.58.